The van der Waals surface area contributed by atoms with E-state index in [1.807, 2.05) is 31.2 Å². The quantitative estimate of drug-likeness (QED) is 0.727. The van der Waals surface area contributed by atoms with Crippen molar-refractivity contribution in [3.63, 3.8) is 0 Å². The summed E-state index contributed by atoms with van der Waals surface area (Å²) in [6, 6.07) is 14.1. The summed E-state index contributed by atoms with van der Waals surface area (Å²) in [6.45, 7) is 2.52. The van der Waals surface area contributed by atoms with E-state index in [0.29, 0.717) is 23.5 Å². The van der Waals surface area contributed by atoms with E-state index in [9.17, 15) is 9.90 Å². The number of methoxy groups -OCH3 is 1. The second-order valence-electron chi connectivity index (χ2n) is 5.17. The summed E-state index contributed by atoms with van der Waals surface area (Å²) in [7, 11) is 1.56. The van der Waals surface area contributed by atoms with Crippen LogP contribution in [0.5, 0.6) is 11.6 Å². The monoisotopic (exact) mass is 323 g/mol. The first-order valence-corrected chi connectivity index (χ1v) is 7.56. The maximum atomic E-state index is 12.2. The number of benzene rings is 2. The van der Waals surface area contributed by atoms with Gasteiger partial charge in [-0.1, -0.05) is 18.2 Å². The number of aromatic nitrogens is 1. The molecule has 0 spiro atoms. The Morgan fingerprint density at radius 1 is 1.17 bits per heavy atom. The van der Waals surface area contributed by atoms with Crippen LogP contribution >= 0.6 is 0 Å². The van der Waals surface area contributed by atoms with Crippen molar-refractivity contribution in [1.29, 1.82) is 0 Å². The van der Waals surface area contributed by atoms with Crippen LogP contribution in [0.4, 0.5) is 5.69 Å². The Morgan fingerprint density at radius 2 is 1.88 bits per heavy atom. The molecule has 6 nitrogen and oxygen atoms in total. The number of hydrogen-bond donors (Lipinski definition) is 1. The number of rotatable bonds is 4. The Hall–Kier alpha value is -3.15. The minimum atomic E-state index is -0.481. The molecule has 0 unspecified atom stereocenters. The van der Waals surface area contributed by atoms with Gasteiger partial charge in [0.15, 0.2) is 5.69 Å². The topological polar surface area (TPSA) is 76.2 Å². The van der Waals surface area contributed by atoms with Crippen LogP contribution in [0, 0.1) is 0 Å². The number of para-hydroxylation sites is 1. The Morgan fingerprint density at radius 3 is 2.54 bits per heavy atom. The van der Waals surface area contributed by atoms with Crippen molar-refractivity contribution in [2.75, 3.05) is 7.11 Å². The van der Waals surface area contributed by atoms with Crippen LogP contribution < -0.4 is 4.74 Å². The third-order valence-corrected chi connectivity index (χ3v) is 3.81. The van der Waals surface area contributed by atoms with E-state index in [1.54, 1.807) is 35.9 Å². The standard InChI is InChI=1S/C18H17N3O3/c1-3-21-15-7-5-4-6-14(15)16(18(21)23)19-20-17(22)12-8-10-13(24-2)11-9-12/h4-11,23H,3H2,1-2H3. The van der Waals surface area contributed by atoms with E-state index >= 15 is 0 Å². The van der Waals surface area contributed by atoms with E-state index in [4.69, 9.17) is 4.74 Å². The van der Waals surface area contributed by atoms with Gasteiger partial charge in [-0.2, -0.15) is 0 Å². The van der Waals surface area contributed by atoms with E-state index < -0.39 is 5.91 Å². The molecule has 0 radical (unpaired) electrons. The third-order valence-electron chi connectivity index (χ3n) is 3.81. The number of amides is 1. The third kappa shape index (κ3) is 2.74. The molecule has 6 heteroatoms. The predicted octanol–water partition coefficient (Wildman–Crippen LogP) is 4.30. The summed E-state index contributed by atoms with van der Waals surface area (Å²) in [6.07, 6.45) is 0. The van der Waals surface area contributed by atoms with Gasteiger partial charge in [-0.15, -0.1) is 10.2 Å². The van der Waals surface area contributed by atoms with Crippen LogP contribution in [0.1, 0.15) is 17.3 Å². The van der Waals surface area contributed by atoms with E-state index in [2.05, 4.69) is 10.2 Å². The van der Waals surface area contributed by atoms with Gasteiger partial charge in [-0.3, -0.25) is 4.79 Å². The van der Waals surface area contributed by atoms with Crippen LogP contribution in [-0.2, 0) is 6.54 Å². The van der Waals surface area contributed by atoms with Gasteiger partial charge in [0.2, 0.25) is 5.88 Å². The zero-order valence-corrected chi connectivity index (χ0v) is 13.4. The first kappa shape index (κ1) is 15.7. The van der Waals surface area contributed by atoms with Crippen molar-refractivity contribution in [2.24, 2.45) is 10.2 Å². The fourth-order valence-electron chi connectivity index (χ4n) is 2.58. The average molecular weight is 323 g/mol. The normalized spacial score (nSPS) is 11.2. The maximum absolute atomic E-state index is 12.2. The number of aromatic hydroxyl groups is 1. The molecule has 1 N–H and O–H groups in total. The van der Waals surface area contributed by atoms with Crippen molar-refractivity contribution >= 4 is 22.5 Å². The Labute approximate surface area is 139 Å². The molecule has 1 heterocycles. The van der Waals surface area contributed by atoms with Gasteiger partial charge in [-0.25, -0.2) is 0 Å². The SMILES string of the molecule is CCn1c(O)c(N=NC(=O)c2ccc(OC)cc2)c2ccccc21. The Bertz CT molecular complexity index is 911. The molecular formula is C18H17N3O3. The molecule has 0 aliphatic heterocycles. The highest BCUT2D eigenvalue weighted by molar-refractivity contribution is 5.97. The van der Waals surface area contributed by atoms with Crippen LogP contribution in [0.15, 0.2) is 58.8 Å². The molecule has 0 atom stereocenters. The lowest BCUT2D eigenvalue weighted by atomic mass is 10.2. The molecule has 0 bridgehead atoms. The van der Waals surface area contributed by atoms with Crippen LogP contribution in [0.3, 0.4) is 0 Å². The second-order valence-corrected chi connectivity index (χ2v) is 5.17. The highest BCUT2D eigenvalue weighted by Gasteiger charge is 2.15. The van der Waals surface area contributed by atoms with Gasteiger partial charge in [0.05, 0.1) is 12.6 Å². The molecule has 1 amide bonds. The molecule has 0 aliphatic carbocycles. The summed E-state index contributed by atoms with van der Waals surface area (Å²) in [5.74, 6) is 0.183. The molecule has 0 saturated heterocycles. The lowest BCUT2D eigenvalue weighted by molar-refractivity contribution is 0.0995. The summed E-state index contributed by atoms with van der Waals surface area (Å²) in [5.41, 5.74) is 1.55. The molecule has 0 aliphatic rings. The van der Waals surface area contributed by atoms with Gasteiger partial charge in [0.25, 0.3) is 5.91 Å². The fourth-order valence-corrected chi connectivity index (χ4v) is 2.58. The van der Waals surface area contributed by atoms with Crippen LogP contribution in [0.2, 0.25) is 0 Å². The molecule has 122 valence electrons. The predicted molar refractivity (Wildman–Crippen MR) is 91.1 cm³/mol. The minimum Gasteiger partial charge on any atom is -0.497 e. The van der Waals surface area contributed by atoms with E-state index in [-0.39, 0.29) is 5.88 Å². The summed E-state index contributed by atoms with van der Waals surface area (Å²) < 4.78 is 6.78. The molecule has 2 aromatic carbocycles. The Kier molecular flexibility index (Phi) is 4.29. The summed E-state index contributed by atoms with van der Waals surface area (Å²) in [4.78, 5) is 12.2. The first-order valence-electron chi connectivity index (χ1n) is 7.56. The summed E-state index contributed by atoms with van der Waals surface area (Å²) in [5, 5.41) is 18.8. The first-order chi connectivity index (χ1) is 11.7. The molecule has 3 aromatic rings. The summed E-state index contributed by atoms with van der Waals surface area (Å²) >= 11 is 0. The number of fused-ring (bicyclic) bond motifs is 1. The van der Waals surface area contributed by atoms with Gasteiger partial charge in [-0.05, 0) is 37.3 Å². The van der Waals surface area contributed by atoms with Gasteiger partial charge in [0.1, 0.15) is 5.75 Å². The zero-order valence-electron chi connectivity index (χ0n) is 13.4. The number of hydrogen-bond acceptors (Lipinski definition) is 4. The second kappa shape index (κ2) is 6.54. The van der Waals surface area contributed by atoms with Gasteiger partial charge < -0.3 is 14.4 Å². The van der Waals surface area contributed by atoms with Crippen molar-refractivity contribution in [3.05, 3.63) is 54.1 Å². The zero-order chi connectivity index (χ0) is 17.1. The molecule has 0 fully saturated rings. The molecular weight excluding hydrogens is 306 g/mol. The lowest BCUT2D eigenvalue weighted by Gasteiger charge is -2.01. The van der Waals surface area contributed by atoms with Gasteiger partial charge >= 0.3 is 0 Å². The van der Waals surface area contributed by atoms with E-state index in [0.717, 1.165) is 10.9 Å². The highest BCUT2D eigenvalue weighted by Crippen LogP contribution is 2.38. The number of aryl methyl sites for hydroxylation is 1. The fraction of sp³-hybridized carbons (Fsp3) is 0.167. The Balaban J connectivity index is 1.95. The highest BCUT2D eigenvalue weighted by atomic mass is 16.5. The average Bonchev–Trinajstić information content (AvgIpc) is 2.90. The lowest BCUT2D eigenvalue weighted by Crippen LogP contribution is -1.93. The number of ether oxygens (including phenoxy) is 1. The molecule has 24 heavy (non-hydrogen) atoms. The molecule has 0 saturated carbocycles. The smallest absolute Gasteiger partial charge is 0.295 e. The number of azo groups is 1. The number of nitrogens with zero attached hydrogens (tertiary/aromatic N) is 3. The van der Waals surface area contributed by atoms with Crippen LogP contribution in [0.25, 0.3) is 10.9 Å². The van der Waals surface area contributed by atoms with E-state index in [1.165, 1.54) is 0 Å². The molecule has 3 rings (SSSR count). The largest absolute Gasteiger partial charge is 0.497 e. The van der Waals surface area contributed by atoms with Crippen LogP contribution in [-0.4, -0.2) is 22.7 Å². The molecule has 1 aromatic heterocycles. The van der Waals surface area contributed by atoms with Crippen molar-refractivity contribution < 1.29 is 14.6 Å². The van der Waals surface area contributed by atoms with Crippen molar-refractivity contribution in [3.8, 4) is 11.6 Å². The van der Waals surface area contributed by atoms with Gasteiger partial charge in [0, 0.05) is 17.5 Å². The van der Waals surface area contributed by atoms with Crippen molar-refractivity contribution in [2.45, 2.75) is 13.5 Å². The number of carbonyl (C=O) groups is 1. The maximum Gasteiger partial charge on any atom is 0.295 e. The number of carbonyl (C=O) groups excluding carboxylic acids is 1. The minimum absolute atomic E-state index is 0.00461. The van der Waals surface area contributed by atoms with Crippen molar-refractivity contribution in [1.82, 2.24) is 4.57 Å².